The summed E-state index contributed by atoms with van der Waals surface area (Å²) >= 11 is 0.945. The number of carbonyl (C=O) groups is 2. The van der Waals surface area contributed by atoms with Crippen molar-refractivity contribution in [1.29, 1.82) is 0 Å². The summed E-state index contributed by atoms with van der Waals surface area (Å²) in [4.78, 5) is 26.1. The maximum absolute atomic E-state index is 12.4. The molecular weight excluding hydrogens is 322 g/mol. The average Bonchev–Trinajstić information content (AvgIpc) is 2.90. The zero-order chi connectivity index (χ0) is 16.9. The molecule has 2 amide bonds. The lowest BCUT2D eigenvalue weighted by Crippen LogP contribution is -2.27. The fourth-order valence-electron chi connectivity index (χ4n) is 2.24. The SMILES string of the molecule is COc1ccc(/C=C/C=C2/SC(=O)N(c3ccccc3)C2=O)cc1. The van der Waals surface area contributed by atoms with Gasteiger partial charge in [-0.25, -0.2) is 4.90 Å². The number of ether oxygens (including phenoxy) is 1. The van der Waals surface area contributed by atoms with Crippen molar-refractivity contribution in [3.63, 3.8) is 0 Å². The Morgan fingerprint density at radius 1 is 1.00 bits per heavy atom. The van der Waals surface area contributed by atoms with Crippen LogP contribution in [0.2, 0.25) is 0 Å². The van der Waals surface area contributed by atoms with Crippen molar-refractivity contribution in [2.75, 3.05) is 12.0 Å². The number of carbonyl (C=O) groups excluding carboxylic acids is 2. The average molecular weight is 337 g/mol. The minimum atomic E-state index is -0.296. The lowest BCUT2D eigenvalue weighted by molar-refractivity contribution is -0.113. The number of thioether (sulfide) groups is 1. The number of rotatable bonds is 4. The summed E-state index contributed by atoms with van der Waals surface area (Å²) in [7, 11) is 1.62. The monoisotopic (exact) mass is 337 g/mol. The van der Waals surface area contributed by atoms with Gasteiger partial charge in [0.1, 0.15) is 5.75 Å². The van der Waals surface area contributed by atoms with Crippen molar-refractivity contribution < 1.29 is 14.3 Å². The lowest BCUT2D eigenvalue weighted by Gasteiger charge is -2.11. The highest BCUT2D eigenvalue weighted by Crippen LogP contribution is 2.34. The van der Waals surface area contributed by atoms with E-state index in [1.807, 2.05) is 36.4 Å². The number of imide groups is 1. The van der Waals surface area contributed by atoms with Crippen molar-refractivity contribution in [2.24, 2.45) is 0 Å². The van der Waals surface area contributed by atoms with Crippen molar-refractivity contribution in [1.82, 2.24) is 0 Å². The van der Waals surface area contributed by atoms with Gasteiger partial charge in [0.15, 0.2) is 0 Å². The number of para-hydroxylation sites is 1. The number of benzene rings is 2. The van der Waals surface area contributed by atoms with E-state index in [0.717, 1.165) is 23.1 Å². The Balaban J connectivity index is 1.75. The molecule has 4 nitrogen and oxygen atoms in total. The van der Waals surface area contributed by atoms with Crippen molar-refractivity contribution in [3.05, 3.63) is 77.2 Å². The summed E-state index contributed by atoms with van der Waals surface area (Å²) in [5.41, 5.74) is 1.57. The molecule has 1 saturated heterocycles. The van der Waals surface area contributed by atoms with E-state index in [0.29, 0.717) is 10.6 Å². The molecule has 0 saturated carbocycles. The maximum atomic E-state index is 12.4. The van der Waals surface area contributed by atoms with Crippen molar-refractivity contribution in [3.8, 4) is 5.75 Å². The summed E-state index contributed by atoms with van der Waals surface area (Å²) in [6, 6.07) is 16.5. The molecule has 0 bridgehead atoms. The van der Waals surface area contributed by atoms with Gasteiger partial charge in [-0.15, -0.1) is 0 Å². The molecule has 0 radical (unpaired) electrons. The van der Waals surface area contributed by atoms with Crippen molar-refractivity contribution >= 4 is 34.7 Å². The molecule has 24 heavy (non-hydrogen) atoms. The van der Waals surface area contributed by atoms with Crippen LogP contribution in [0.15, 0.2) is 71.7 Å². The second-order valence-electron chi connectivity index (χ2n) is 5.01. The number of nitrogens with zero attached hydrogens (tertiary/aromatic N) is 1. The molecule has 2 aromatic carbocycles. The molecule has 2 aromatic rings. The summed E-state index contributed by atoms with van der Waals surface area (Å²) in [5.74, 6) is 0.492. The predicted molar refractivity (Wildman–Crippen MR) is 97.0 cm³/mol. The summed E-state index contributed by atoms with van der Waals surface area (Å²) < 4.78 is 5.11. The number of hydrogen-bond donors (Lipinski definition) is 0. The van der Waals surface area contributed by atoms with Crippen LogP contribution in [0.3, 0.4) is 0 Å². The van der Waals surface area contributed by atoms with E-state index in [-0.39, 0.29) is 11.1 Å². The van der Waals surface area contributed by atoms with E-state index in [2.05, 4.69) is 0 Å². The number of amides is 2. The van der Waals surface area contributed by atoms with E-state index in [1.54, 1.807) is 43.5 Å². The van der Waals surface area contributed by atoms with E-state index < -0.39 is 0 Å². The third-order valence-electron chi connectivity index (χ3n) is 3.46. The Labute approximate surface area is 144 Å². The molecule has 1 fully saturated rings. The molecule has 0 unspecified atom stereocenters. The zero-order valence-corrected chi connectivity index (χ0v) is 13.8. The van der Waals surface area contributed by atoms with Gasteiger partial charge in [0.25, 0.3) is 11.1 Å². The molecule has 1 aliphatic heterocycles. The minimum Gasteiger partial charge on any atom is -0.497 e. The first-order valence-electron chi connectivity index (χ1n) is 7.33. The fraction of sp³-hybridized carbons (Fsp3) is 0.0526. The second-order valence-corrected chi connectivity index (χ2v) is 6.00. The van der Waals surface area contributed by atoms with E-state index >= 15 is 0 Å². The van der Waals surface area contributed by atoms with E-state index in [9.17, 15) is 9.59 Å². The maximum Gasteiger partial charge on any atom is 0.298 e. The fourth-order valence-corrected chi connectivity index (χ4v) is 3.04. The highest BCUT2D eigenvalue weighted by Gasteiger charge is 2.35. The standard InChI is InChI=1S/C19H15NO3S/c1-23-16-12-10-14(11-13-16)6-5-9-17-18(21)20(19(22)24-17)15-7-3-2-4-8-15/h2-13H,1H3/b6-5+,17-9+. The third kappa shape index (κ3) is 3.41. The van der Waals surface area contributed by atoms with Crippen LogP contribution in [-0.4, -0.2) is 18.3 Å². The lowest BCUT2D eigenvalue weighted by atomic mass is 10.2. The Kier molecular flexibility index (Phi) is 4.82. The first kappa shape index (κ1) is 16.1. The summed E-state index contributed by atoms with van der Waals surface area (Å²) in [6.45, 7) is 0. The molecule has 1 aliphatic rings. The van der Waals surface area contributed by atoms with Crippen LogP contribution in [0.25, 0.3) is 6.08 Å². The van der Waals surface area contributed by atoms with Gasteiger partial charge in [0.2, 0.25) is 0 Å². The normalized spacial score (nSPS) is 16.4. The second kappa shape index (κ2) is 7.19. The van der Waals surface area contributed by atoms with Gasteiger partial charge in [0, 0.05) is 0 Å². The van der Waals surface area contributed by atoms with Gasteiger partial charge in [-0.1, -0.05) is 42.5 Å². The largest absolute Gasteiger partial charge is 0.497 e. The molecule has 0 spiro atoms. The van der Waals surface area contributed by atoms with Crippen LogP contribution in [0.5, 0.6) is 5.75 Å². The molecule has 120 valence electrons. The Morgan fingerprint density at radius 3 is 2.38 bits per heavy atom. The summed E-state index contributed by atoms with van der Waals surface area (Å²) in [6.07, 6.45) is 5.30. The highest BCUT2D eigenvalue weighted by molar-refractivity contribution is 8.18. The third-order valence-corrected chi connectivity index (χ3v) is 4.35. The van der Waals surface area contributed by atoms with Crippen LogP contribution in [-0.2, 0) is 4.79 Å². The van der Waals surface area contributed by atoms with Gasteiger partial charge < -0.3 is 4.74 Å². The molecule has 0 atom stereocenters. The van der Waals surface area contributed by atoms with Gasteiger partial charge >= 0.3 is 0 Å². The van der Waals surface area contributed by atoms with Gasteiger partial charge in [-0.05, 0) is 47.7 Å². The zero-order valence-electron chi connectivity index (χ0n) is 13.0. The van der Waals surface area contributed by atoms with Crippen LogP contribution in [0, 0.1) is 0 Å². The van der Waals surface area contributed by atoms with Crippen LogP contribution >= 0.6 is 11.8 Å². The van der Waals surface area contributed by atoms with E-state index in [1.165, 1.54) is 4.90 Å². The molecular formula is C19H15NO3S. The van der Waals surface area contributed by atoms with Gasteiger partial charge in [0.05, 0.1) is 17.7 Å². The molecule has 0 aliphatic carbocycles. The van der Waals surface area contributed by atoms with Crippen molar-refractivity contribution in [2.45, 2.75) is 0 Å². The Bertz CT molecular complexity index is 810. The molecule has 0 N–H and O–H groups in total. The minimum absolute atomic E-state index is 0.282. The smallest absolute Gasteiger partial charge is 0.298 e. The summed E-state index contributed by atoms with van der Waals surface area (Å²) in [5, 5.41) is -0.282. The number of methoxy groups -OCH3 is 1. The molecule has 1 heterocycles. The first-order chi connectivity index (χ1) is 11.7. The first-order valence-corrected chi connectivity index (χ1v) is 8.14. The topological polar surface area (TPSA) is 46.6 Å². The Hall–Kier alpha value is -2.79. The number of allylic oxidation sites excluding steroid dienone is 2. The quantitative estimate of drug-likeness (QED) is 0.771. The Morgan fingerprint density at radius 2 is 1.71 bits per heavy atom. The van der Waals surface area contributed by atoms with Gasteiger partial charge in [-0.2, -0.15) is 0 Å². The van der Waals surface area contributed by atoms with Crippen LogP contribution in [0.4, 0.5) is 10.5 Å². The van der Waals surface area contributed by atoms with Crippen LogP contribution in [0.1, 0.15) is 5.56 Å². The molecule has 0 aromatic heterocycles. The molecule has 3 rings (SSSR count). The van der Waals surface area contributed by atoms with Crippen LogP contribution < -0.4 is 9.64 Å². The van der Waals surface area contributed by atoms with E-state index in [4.69, 9.17) is 4.74 Å². The number of anilines is 1. The molecule has 5 heteroatoms. The highest BCUT2D eigenvalue weighted by atomic mass is 32.2. The predicted octanol–water partition coefficient (Wildman–Crippen LogP) is 4.49. The van der Waals surface area contributed by atoms with Gasteiger partial charge in [-0.3, -0.25) is 9.59 Å². The number of hydrogen-bond acceptors (Lipinski definition) is 4.